The largest absolute Gasteiger partial charge is 0.444 e. The van der Waals surface area contributed by atoms with E-state index in [1.54, 1.807) is 4.90 Å². The number of carbonyl (C=O) groups excluding carboxylic acids is 1. The van der Waals surface area contributed by atoms with Gasteiger partial charge in [-0.25, -0.2) is 4.79 Å². The van der Waals surface area contributed by atoms with Crippen LogP contribution in [0.3, 0.4) is 0 Å². The lowest BCUT2D eigenvalue weighted by Gasteiger charge is -2.35. The van der Waals surface area contributed by atoms with Gasteiger partial charge in [0.2, 0.25) is 0 Å². The fraction of sp³-hybridized carbons (Fsp3) is 0.769. The molecule has 0 bridgehead atoms. The quantitative estimate of drug-likeness (QED) is 0.641. The third kappa shape index (κ3) is 3.54. The van der Waals surface area contributed by atoms with Gasteiger partial charge in [-0.3, -0.25) is 0 Å². The predicted octanol–water partition coefficient (Wildman–Crippen LogP) is 3.21. The van der Waals surface area contributed by atoms with Gasteiger partial charge >= 0.3 is 6.09 Å². The SMILES string of the molecule is C=C1CCN(C(=O)OC(C)(C)C)CC1CC. The van der Waals surface area contributed by atoms with Crippen molar-refractivity contribution < 1.29 is 9.53 Å². The molecule has 0 radical (unpaired) electrons. The number of hydrogen-bond donors (Lipinski definition) is 0. The first kappa shape index (κ1) is 13.1. The van der Waals surface area contributed by atoms with Crippen molar-refractivity contribution in [2.45, 2.75) is 46.1 Å². The molecule has 0 aromatic carbocycles. The zero-order chi connectivity index (χ0) is 12.3. The molecule has 3 nitrogen and oxygen atoms in total. The summed E-state index contributed by atoms with van der Waals surface area (Å²) < 4.78 is 5.36. The molecule has 0 N–H and O–H groups in total. The van der Waals surface area contributed by atoms with Crippen LogP contribution in [0.15, 0.2) is 12.2 Å². The Morgan fingerprint density at radius 3 is 2.69 bits per heavy atom. The average molecular weight is 225 g/mol. The van der Waals surface area contributed by atoms with Gasteiger partial charge in [-0.2, -0.15) is 0 Å². The van der Waals surface area contributed by atoms with Crippen molar-refractivity contribution in [2.24, 2.45) is 5.92 Å². The van der Waals surface area contributed by atoms with Gasteiger partial charge in [0.1, 0.15) is 5.60 Å². The molecule has 16 heavy (non-hydrogen) atoms. The molecule has 3 heteroatoms. The molecule has 0 aliphatic carbocycles. The first-order valence-corrected chi connectivity index (χ1v) is 5.99. The van der Waals surface area contributed by atoms with E-state index in [0.717, 1.165) is 25.9 Å². The summed E-state index contributed by atoms with van der Waals surface area (Å²) in [5.41, 5.74) is 0.857. The van der Waals surface area contributed by atoms with Crippen LogP contribution in [-0.4, -0.2) is 29.7 Å². The maximum Gasteiger partial charge on any atom is 0.410 e. The number of likely N-dealkylation sites (tertiary alicyclic amines) is 1. The average Bonchev–Trinajstić information content (AvgIpc) is 2.15. The van der Waals surface area contributed by atoms with Gasteiger partial charge in [0.25, 0.3) is 0 Å². The summed E-state index contributed by atoms with van der Waals surface area (Å²) in [6.07, 6.45) is 1.74. The highest BCUT2D eigenvalue weighted by molar-refractivity contribution is 5.68. The second kappa shape index (κ2) is 4.89. The van der Waals surface area contributed by atoms with Crippen LogP contribution in [-0.2, 0) is 4.74 Å². The topological polar surface area (TPSA) is 29.5 Å². The molecule has 1 aliphatic rings. The standard InChI is InChI=1S/C13H23NO2/c1-6-11-9-14(8-7-10(11)2)12(15)16-13(3,4)5/h11H,2,6-9H2,1,3-5H3. The van der Waals surface area contributed by atoms with E-state index in [4.69, 9.17) is 4.74 Å². The van der Waals surface area contributed by atoms with Gasteiger partial charge in [-0.1, -0.05) is 19.1 Å². The van der Waals surface area contributed by atoms with E-state index in [1.807, 2.05) is 20.8 Å². The highest BCUT2D eigenvalue weighted by Gasteiger charge is 2.28. The summed E-state index contributed by atoms with van der Waals surface area (Å²) in [6.45, 7) is 13.4. The molecule has 1 aliphatic heterocycles. The van der Waals surface area contributed by atoms with Crippen molar-refractivity contribution in [3.8, 4) is 0 Å². The number of ether oxygens (including phenoxy) is 1. The van der Waals surface area contributed by atoms with E-state index in [-0.39, 0.29) is 6.09 Å². The second-order valence-electron chi connectivity index (χ2n) is 5.44. The van der Waals surface area contributed by atoms with Crippen LogP contribution in [0.4, 0.5) is 4.79 Å². The normalized spacial score (nSPS) is 22.1. The Morgan fingerprint density at radius 2 is 2.19 bits per heavy atom. The van der Waals surface area contributed by atoms with Gasteiger partial charge in [0.15, 0.2) is 0 Å². The first-order chi connectivity index (χ1) is 7.33. The second-order valence-corrected chi connectivity index (χ2v) is 5.44. The van der Waals surface area contributed by atoms with Crippen LogP contribution >= 0.6 is 0 Å². The molecule has 1 unspecified atom stereocenters. The Morgan fingerprint density at radius 1 is 1.56 bits per heavy atom. The lowest BCUT2D eigenvalue weighted by atomic mass is 9.91. The fourth-order valence-corrected chi connectivity index (χ4v) is 1.88. The van der Waals surface area contributed by atoms with E-state index >= 15 is 0 Å². The minimum absolute atomic E-state index is 0.196. The summed E-state index contributed by atoms with van der Waals surface area (Å²) >= 11 is 0. The van der Waals surface area contributed by atoms with Crippen molar-refractivity contribution in [2.75, 3.05) is 13.1 Å². The smallest absolute Gasteiger partial charge is 0.410 e. The molecule has 1 saturated heterocycles. The van der Waals surface area contributed by atoms with E-state index in [9.17, 15) is 4.79 Å². The third-order valence-electron chi connectivity index (χ3n) is 2.87. The van der Waals surface area contributed by atoms with Gasteiger partial charge < -0.3 is 9.64 Å². The van der Waals surface area contributed by atoms with Gasteiger partial charge in [-0.15, -0.1) is 0 Å². The number of amides is 1. The predicted molar refractivity (Wildman–Crippen MR) is 65.3 cm³/mol. The molecule has 0 aromatic rings. The van der Waals surface area contributed by atoms with Crippen LogP contribution in [0.1, 0.15) is 40.5 Å². The lowest BCUT2D eigenvalue weighted by molar-refractivity contribution is 0.0202. The summed E-state index contributed by atoms with van der Waals surface area (Å²) in [5.74, 6) is 0.432. The Bertz CT molecular complexity index is 278. The molecule has 1 amide bonds. The number of hydrogen-bond acceptors (Lipinski definition) is 2. The summed E-state index contributed by atoms with van der Waals surface area (Å²) in [7, 11) is 0. The molecule has 92 valence electrons. The number of piperidine rings is 1. The maximum atomic E-state index is 11.9. The minimum Gasteiger partial charge on any atom is -0.444 e. The van der Waals surface area contributed by atoms with E-state index in [2.05, 4.69) is 13.5 Å². The number of nitrogens with zero attached hydrogens (tertiary/aromatic N) is 1. The zero-order valence-electron chi connectivity index (χ0n) is 10.9. The van der Waals surface area contributed by atoms with Crippen LogP contribution in [0, 0.1) is 5.92 Å². The zero-order valence-corrected chi connectivity index (χ0v) is 10.9. The molecule has 1 fully saturated rings. The number of rotatable bonds is 1. The third-order valence-corrected chi connectivity index (χ3v) is 2.87. The van der Waals surface area contributed by atoms with Crippen molar-refractivity contribution in [3.05, 3.63) is 12.2 Å². The monoisotopic (exact) mass is 225 g/mol. The molecule has 0 aromatic heterocycles. The van der Waals surface area contributed by atoms with E-state index in [1.165, 1.54) is 5.57 Å². The Hall–Kier alpha value is -0.990. The van der Waals surface area contributed by atoms with Crippen molar-refractivity contribution in [1.82, 2.24) is 4.90 Å². The highest BCUT2D eigenvalue weighted by Crippen LogP contribution is 2.25. The molecule has 1 heterocycles. The fourth-order valence-electron chi connectivity index (χ4n) is 1.88. The molecule has 1 atom stereocenters. The highest BCUT2D eigenvalue weighted by atomic mass is 16.6. The van der Waals surface area contributed by atoms with Crippen LogP contribution < -0.4 is 0 Å². The van der Waals surface area contributed by atoms with E-state index < -0.39 is 5.60 Å². The lowest BCUT2D eigenvalue weighted by Crippen LogP contribution is -2.43. The molecular formula is C13H23NO2. The van der Waals surface area contributed by atoms with Crippen molar-refractivity contribution in [3.63, 3.8) is 0 Å². The molecule has 1 rings (SSSR count). The van der Waals surface area contributed by atoms with E-state index in [0.29, 0.717) is 5.92 Å². The molecular weight excluding hydrogens is 202 g/mol. The van der Waals surface area contributed by atoms with Crippen LogP contribution in [0.5, 0.6) is 0 Å². The Labute approximate surface area is 98.5 Å². The Balaban J connectivity index is 2.55. The van der Waals surface area contributed by atoms with Crippen LogP contribution in [0.25, 0.3) is 0 Å². The summed E-state index contributed by atoms with van der Waals surface area (Å²) in [5, 5.41) is 0. The number of carbonyl (C=O) groups is 1. The first-order valence-electron chi connectivity index (χ1n) is 5.99. The maximum absolute atomic E-state index is 11.9. The minimum atomic E-state index is -0.409. The van der Waals surface area contributed by atoms with Crippen LogP contribution in [0.2, 0.25) is 0 Å². The summed E-state index contributed by atoms with van der Waals surface area (Å²) in [4.78, 5) is 13.7. The van der Waals surface area contributed by atoms with Gasteiger partial charge in [0, 0.05) is 13.1 Å². The van der Waals surface area contributed by atoms with Crippen molar-refractivity contribution in [1.29, 1.82) is 0 Å². The summed E-state index contributed by atoms with van der Waals surface area (Å²) in [6, 6.07) is 0. The van der Waals surface area contributed by atoms with Crippen molar-refractivity contribution >= 4 is 6.09 Å². The van der Waals surface area contributed by atoms with Gasteiger partial charge in [-0.05, 0) is 39.5 Å². The van der Waals surface area contributed by atoms with Gasteiger partial charge in [0.05, 0.1) is 0 Å². The molecule has 0 saturated carbocycles. The Kier molecular flexibility index (Phi) is 4.00. The molecule has 0 spiro atoms.